The number of hydrogen-bond donors (Lipinski definition) is 2. The Morgan fingerprint density at radius 2 is 2.17 bits per heavy atom. The molecule has 1 heterocycles. The van der Waals surface area contributed by atoms with E-state index in [0.29, 0.717) is 21.9 Å². The number of nitrogens with zero attached hydrogens (tertiary/aromatic N) is 1. The zero-order valence-corrected chi connectivity index (χ0v) is 10.6. The van der Waals surface area contributed by atoms with Crippen LogP contribution >= 0.6 is 11.5 Å². The van der Waals surface area contributed by atoms with Crippen LogP contribution in [0.4, 0.5) is 15.1 Å². The minimum Gasteiger partial charge on any atom is -0.478 e. The number of anilines is 2. The van der Waals surface area contributed by atoms with Crippen LogP contribution < -0.4 is 5.32 Å². The Morgan fingerprint density at radius 3 is 2.78 bits per heavy atom. The van der Waals surface area contributed by atoms with E-state index >= 15 is 0 Å². The molecule has 0 saturated heterocycles. The highest BCUT2D eigenvalue weighted by atomic mass is 32.1. The number of hydrogen-bond acceptors (Lipinski definition) is 4. The van der Waals surface area contributed by atoms with Crippen LogP contribution in [0.3, 0.4) is 0 Å². The maximum absolute atomic E-state index is 13.1. The van der Waals surface area contributed by atoms with E-state index < -0.39 is 5.97 Å². The van der Waals surface area contributed by atoms with Crippen molar-refractivity contribution in [3.05, 3.63) is 40.8 Å². The van der Waals surface area contributed by atoms with E-state index in [1.165, 1.54) is 6.07 Å². The molecule has 2 rings (SSSR count). The Bertz CT molecular complexity index is 610. The van der Waals surface area contributed by atoms with Gasteiger partial charge in [0.15, 0.2) is 0 Å². The number of carbonyl (C=O) groups is 1. The molecule has 0 unspecified atom stereocenters. The highest BCUT2D eigenvalue weighted by Crippen LogP contribution is 2.28. The molecule has 0 aliphatic rings. The maximum Gasteiger partial charge on any atom is 0.340 e. The average Bonchev–Trinajstić information content (AvgIpc) is 2.65. The second kappa shape index (κ2) is 4.73. The first kappa shape index (κ1) is 12.5. The summed E-state index contributed by atoms with van der Waals surface area (Å²) in [5.74, 6) is -1.32. The Morgan fingerprint density at radius 1 is 1.44 bits per heavy atom. The lowest BCUT2D eigenvalue weighted by molar-refractivity contribution is 0.0697. The number of aromatic carboxylic acids is 1. The zero-order valence-electron chi connectivity index (χ0n) is 9.82. The van der Waals surface area contributed by atoms with Crippen LogP contribution in [0, 0.1) is 19.7 Å². The third-order valence-electron chi connectivity index (χ3n) is 2.49. The number of nitrogens with one attached hydrogen (secondary N) is 1. The molecule has 0 aliphatic heterocycles. The predicted octanol–water partition coefficient (Wildman–Crippen LogP) is 3.34. The lowest BCUT2D eigenvalue weighted by Gasteiger charge is -2.06. The number of carboxylic acid groups (broad SMARTS) is 1. The molecule has 0 fully saturated rings. The molecule has 0 saturated carbocycles. The van der Waals surface area contributed by atoms with E-state index in [2.05, 4.69) is 9.69 Å². The van der Waals surface area contributed by atoms with Crippen molar-refractivity contribution in [1.82, 2.24) is 4.37 Å². The minimum absolute atomic E-state index is 0.155. The van der Waals surface area contributed by atoms with E-state index in [9.17, 15) is 9.18 Å². The Balaban J connectivity index is 2.34. The van der Waals surface area contributed by atoms with Gasteiger partial charge in [-0.1, -0.05) is 0 Å². The Labute approximate surface area is 107 Å². The molecule has 94 valence electrons. The molecule has 0 spiro atoms. The summed E-state index contributed by atoms with van der Waals surface area (Å²) in [6, 6.07) is 4.52. The summed E-state index contributed by atoms with van der Waals surface area (Å²) in [5, 5.41) is 12.5. The first-order valence-corrected chi connectivity index (χ1v) is 5.99. The monoisotopic (exact) mass is 266 g/mol. The largest absolute Gasteiger partial charge is 0.478 e. The normalized spacial score (nSPS) is 10.4. The fraction of sp³-hybridized carbons (Fsp3) is 0.167. The van der Waals surface area contributed by atoms with Crippen molar-refractivity contribution in [3.63, 3.8) is 0 Å². The van der Waals surface area contributed by atoms with Crippen molar-refractivity contribution in [2.24, 2.45) is 0 Å². The van der Waals surface area contributed by atoms with Crippen molar-refractivity contribution in [2.45, 2.75) is 13.8 Å². The van der Waals surface area contributed by atoms with Gasteiger partial charge < -0.3 is 10.4 Å². The van der Waals surface area contributed by atoms with Crippen LogP contribution in [-0.2, 0) is 0 Å². The molecule has 1 aromatic carbocycles. The van der Waals surface area contributed by atoms with E-state index in [1.807, 2.05) is 0 Å². The third-order valence-corrected chi connectivity index (χ3v) is 3.35. The highest BCUT2D eigenvalue weighted by Gasteiger charge is 2.17. The lowest BCUT2D eigenvalue weighted by Crippen LogP contribution is -2.01. The zero-order chi connectivity index (χ0) is 13.3. The van der Waals surface area contributed by atoms with Gasteiger partial charge in [0, 0.05) is 5.69 Å². The third kappa shape index (κ3) is 2.33. The molecule has 18 heavy (non-hydrogen) atoms. The van der Waals surface area contributed by atoms with E-state index in [0.717, 1.165) is 11.5 Å². The first-order valence-electron chi connectivity index (χ1n) is 5.22. The van der Waals surface area contributed by atoms with E-state index in [1.54, 1.807) is 26.0 Å². The summed E-state index contributed by atoms with van der Waals surface area (Å²) in [4.78, 5) is 11.1. The summed E-state index contributed by atoms with van der Waals surface area (Å²) < 4.78 is 17.1. The Kier molecular flexibility index (Phi) is 3.29. The van der Waals surface area contributed by atoms with Gasteiger partial charge in [-0.25, -0.2) is 9.18 Å². The molecule has 0 bridgehead atoms. The number of carboxylic acids is 1. The molecule has 1 aromatic heterocycles. The van der Waals surface area contributed by atoms with Gasteiger partial charge in [-0.15, -0.1) is 0 Å². The minimum atomic E-state index is -1.03. The summed E-state index contributed by atoms with van der Waals surface area (Å²) in [5.41, 5.74) is 1.76. The fourth-order valence-corrected chi connectivity index (χ4v) is 2.37. The summed E-state index contributed by atoms with van der Waals surface area (Å²) in [6.45, 7) is 3.29. The number of rotatable bonds is 3. The topological polar surface area (TPSA) is 62.2 Å². The molecule has 0 atom stereocenters. The average molecular weight is 266 g/mol. The smallest absolute Gasteiger partial charge is 0.340 e. The summed E-state index contributed by atoms with van der Waals surface area (Å²) in [6.07, 6.45) is 0. The van der Waals surface area contributed by atoms with Crippen LogP contribution in [0.5, 0.6) is 0 Å². The first-order chi connectivity index (χ1) is 8.49. The fourth-order valence-electron chi connectivity index (χ4n) is 1.56. The Hall–Kier alpha value is -1.95. The number of aryl methyl sites for hydroxylation is 2. The van der Waals surface area contributed by atoms with Crippen molar-refractivity contribution < 1.29 is 14.3 Å². The summed E-state index contributed by atoms with van der Waals surface area (Å²) in [7, 11) is 0. The standard InChI is InChI=1S/C12H11FN2O2S/c1-6-5-8(3-4-9(6)13)14-11-10(12(16)17)7(2)15-18-11/h3-5,14H,1-2H3,(H,16,17). The van der Waals surface area contributed by atoms with Gasteiger partial charge in [0.25, 0.3) is 0 Å². The maximum atomic E-state index is 13.1. The van der Waals surface area contributed by atoms with Crippen molar-refractivity contribution in [1.29, 1.82) is 0 Å². The van der Waals surface area contributed by atoms with Crippen LogP contribution in [0.2, 0.25) is 0 Å². The van der Waals surface area contributed by atoms with Crippen LogP contribution in [0.25, 0.3) is 0 Å². The number of halogens is 1. The molecule has 4 nitrogen and oxygen atoms in total. The molecule has 0 radical (unpaired) electrons. The van der Waals surface area contributed by atoms with Gasteiger partial charge in [-0.3, -0.25) is 0 Å². The van der Waals surface area contributed by atoms with Gasteiger partial charge in [0.1, 0.15) is 16.4 Å². The van der Waals surface area contributed by atoms with Crippen molar-refractivity contribution >= 4 is 28.2 Å². The number of aromatic nitrogens is 1. The SMILES string of the molecule is Cc1cc(Nc2snc(C)c2C(=O)O)ccc1F. The van der Waals surface area contributed by atoms with Gasteiger partial charge in [0.2, 0.25) is 0 Å². The van der Waals surface area contributed by atoms with Gasteiger partial charge in [-0.2, -0.15) is 4.37 Å². The highest BCUT2D eigenvalue weighted by molar-refractivity contribution is 7.10. The molecule has 2 N–H and O–H groups in total. The van der Waals surface area contributed by atoms with Crippen molar-refractivity contribution in [3.8, 4) is 0 Å². The molecule has 6 heteroatoms. The second-order valence-electron chi connectivity index (χ2n) is 3.87. The molecule has 0 amide bonds. The molecule has 0 aliphatic carbocycles. The van der Waals surface area contributed by atoms with Crippen molar-refractivity contribution in [2.75, 3.05) is 5.32 Å². The number of benzene rings is 1. The van der Waals surface area contributed by atoms with Gasteiger partial charge in [-0.05, 0) is 49.1 Å². The predicted molar refractivity (Wildman–Crippen MR) is 68.2 cm³/mol. The van der Waals surface area contributed by atoms with Gasteiger partial charge in [0.05, 0.1) is 5.69 Å². The molecule has 2 aromatic rings. The van der Waals surface area contributed by atoms with Crippen LogP contribution in [0.15, 0.2) is 18.2 Å². The molecular formula is C12H11FN2O2S. The van der Waals surface area contributed by atoms with E-state index in [-0.39, 0.29) is 11.4 Å². The van der Waals surface area contributed by atoms with Gasteiger partial charge >= 0.3 is 5.97 Å². The van der Waals surface area contributed by atoms with Crippen LogP contribution in [0.1, 0.15) is 21.6 Å². The molecular weight excluding hydrogens is 255 g/mol. The van der Waals surface area contributed by atoms with Crippen LogP contribution in [-0.4, -0.2) is 15.4 Å². The summed E-state index contributed by atoms with van der Waals surface area (Å²) >= 11 is 1.07. The van der Waals surface area contributed by atoms with E-state index in [4.69, 9.17) is 5.11 Å². The second-order valence-corrected chi connectivity index (χ2v) is 4.64. The quantitative estimate of drug-likeness (QED) is 0.894. The lowest BCUT2D eigenvalue weighted by atomic mass is 10.2.